The van der Waals surface area contributed by atoms with Gasteiger partial charge < -0.3 is 10.4 Å². The first-order chi connectivity index (χ1) is 9.50. The normalized spacial score (nSPS) is 18.8. The van der Waals surface area contributed by atoms with Crippen LogP contribution in [0.2, 0.25) is 0 Å². The molecule has 0 heterocycles. The average Bonchev–Trinajstić information content (AvgIpc) is 2.61. The number of rotatable bonds is 4. The number of hydrogen-bond acceptors (Lipinski definition) is 2. The van der Waals surface area contributed by atoms with Gasteiger partial charge in [-0.3, -0.25) is 0 Å². The Bertz CT molecular complexity index is 457. The number of benzene rings is 1. The third-order valence-corrected chi connectivity index (χ3v) is 3.89. The molecule has 0 spiro atoms. The zero-order valence-electron chi connectivity index (χ0n) is 11.4. The number of hydrogen-bond donors (Lipinski definition) is 2. The quantitative estimate of drug-likeness (QED) is 0.658. The fourth-order valence-corrected chi connectivity index (χ4v) is 2.69. The topological polar surface area (TPSA) is 32.3 Å². The molecular formula is C15H20F3NO. The van der Waals surface area contributed by atoms with Gasteiger partial charge in [-0.25, -0.2) is 13.2 Å². The molecule has 2 nitrogen and oxygen atoms in total. The Balaban J connectivity index is 1.90. The van der Waals surface area contributed by atoms with Crippen LogP contribution in [0, 0.1) is 17.5 Å². The summed E-state index contributed by atoms with van der Waals surface area (Å²) in [5, 5.41) is 13.4. The zero-order chi connectivity index (χ0) is 14.6. The molecule has 0 atom stereocenters. The molecule has 0 radical (unpaired) electrons. The molecule has 0 bridgehead atoms. The maximum Gasteiger partial charge on any atom is 0.161 e. The summed E-state index contributed by atoms with van der Waals surface area (Å²) in [6.45, 7) is 0.413. The predicted molar refractivity (Wildman–Crippen MR) is 70.7 cm³/mol. The fraction of sp³-hybridized carbons (Fsp3) is 0.600. The van der Waals surface area contributed by atoms with E-state index in [-0.39, 0.29) is 12.1 Å². The zero-order valence-corrected chi connectivity index (χ0v) is 11.4. The molecule has 2 N–H and O–H groups in total. The van der Waals surface area contributed by atoms with Crippen molar-refractivity contribution in [3.8, 4) is 0 Å². The summed E-state index contributed by atoms with van der Waals surface area (Å²) in [6.07, 6.45) is 5.66. The van der Waals surface area contributed by atoms with Gasteiger partial charge in [0.2, 0.25) is 0 Å². The molecular weight excluding hydrogens is 267 g/mol. The van der Waals surface area contributed by atoms with Gasteiger partial charge in [0, 0.05) is 24.7 Å². The summed E-state index contributed by atoms with van der Waals surface area (Å²) in [6, 6.07) is 1.40. The molecule has 1 fully saturated rings. The molecule has 0 amide bonds. The summed E-state index contributed by atoms with van der Waals surface area (Å²) >= 11 is 0. The van der Waals surface area contributed by atoms with Crippen LogP contribution in [-0.2, 0) is 6.54 Å². The van der Waals surface area contributed by atoms with Gasteiger partial charge in [-0.2, -0.15) is 0 Å². The van der Waals surface area contributed by atoms with Gasteiger partial charge in [0.05, 0.1) is 5.60 Å². The Hall–Kier alpha value is -1.07. The van der Waals surface area contributed by atoms with Crippen LogP contribution >= 0.6 is 0 Å². The average molecular weight is 287 g/mol. The van der Waals surface area contributed by atoms with E-state index in [1.54, 1.807) is 0 Å². The first-order valence-corrected chi connectivity index (χ1v) is 7.07. The molecule has 5 heteroatoms. The second-order valence-corrected chi connectivity index (χ2v) is 5.60. The largest absolute Gasteiger partial charge is 0.389 e. The molecule has 1 aliphatic carbocycles. The molecule has 0 unspecified atom stereocenters. The summed E-state index contributed by atoms with van der Waals surface area (Å²) in [4.78, 5) is 0. The van der Waals surface area contributed by atoms with Crippen molar-refractivity contribution in [2.24, 2.45) is 0 Å². The van der Waals surface area contributed by atoms with Crippen LogP contribution in [0.1, 0.15) is 44.1 Å². The maximum atomic E-state index is 13.4. The van der Waals surface area contributed by atoms with E-state index in [1.807, 2.05) is 0 Å². The highest BCUT2D eigenvalue weighted by atomic mass is 19.2. The van der Waals surface area contributed by atoms with Crippen LogP contribution in [-0.4, -0.2) is 17.3 Å². The van der Waals surface area contributed by atoms with E-state index in [9.17, 15) is 18.3 Å². The highest BCUT2D eigenvalue weighted by Crippen LogP contribution is 2.26. The minimum Gasteiger partial charge on any atom is -0.389 e. The van der Waals surface area contributed by atoms with Crippen molar-refractivity contribution >= 4 is 0 Å². The van der Waals surface area contributed by atoms with Crippen LogP contribution in [0.4, 0.5) is 13.2 Å². The number of aliphatic hydroxyl groups is 1. The minimum atomic E-state index is -1.19. The van der Waals surface area contributed by atoms with Crippen molar-refractivity contribution in [3.63, 3.8) is 0 Å². The van der Waals surface area contributed by atoms with Gasteiger partial charge >= 0.3 is 0 Å². The smallest absolute Gasteiger partial charge is 0.161 e. The Morgan fingerprint density at radius 3 is 2.20 bits per heavy atom. The standard InChI is InChI=1S/C15H20F3NO/c16-12-8-14(18)13(17)7-11(12)9-19-10-15(20)5-3-1-2-4-6-15/h7-8,19-20H,1-6,9-10H2. The Morgan fingerprint density at radius 1 is 0.950 bits per heavy atom. The fourth-order valence-electron chi connectivity index (χ4n) is 2.69. The predicted octanol–water partition coefficient (Wildman–Crippen LogP) is 3.28. The highest BCUT2D eigenvalue weighted by Gasteiger charge is 2.27. The first-order valence-electron chi connectivity index (χ1n) is 7.07. The van der Waals surface area contributed by atoms with Crippen LogP contribution in [0.5, 0.6) is 0 Å². The van der Waals surface area contributed by atoms with Crippen LogP contribution < -0.4 is 5.32 Å². The Kier molecular flexibility index (Phi) is 5.05. The molecule has 1 aromatic rings. The summed E-state index contributed by atoms with van der Waals surface area (Å²) in [7, 11) is 0. The third-order valence-electron chi connectivity index (χ3n) is 3.89. The molecule has 112 valence electrons. The maximum absolute atomic E-state index is 13.4. The van der Waals surface area contributed by atoms with Crippen molar-refractivity contribution in [2.75, 3.05) is 6.54 Å². The molecule has 1 saturated carbocycles. The monoisotopic (exact) mass is 287 g/mol. The van der Waals surface area contributed by atoms with Crippen molar-refractivity contribution in [1.29, 1.82) is 0 Å². The van der Waals surface area contributed by atoms with Gasteiger partial charge in [0.1, 0.15) is 5.82 Å². The minimum absolute atomic E-state index is 0.0705. The van der Waals surface area contributed by atoms with Gasteiger partial charge in [0.15, 0.2) is 11.6 Å². The number of halogens is 3. The molecule has 0 aliphatic heterocycles. The highest BCUT2D eigenvalue weighted by molar-refractivity contribution is 5.19. The SMILES string of the molecule is OC1(CNCc2cc(F)c(F)cc2F)CCCCCC1. The molecule has 1 aromatic carbocycles. The van der Waals surface area contributed by atoms with E-state index in [1.165, 1.54) is 0 Å². The van der Waals surface area contributed by atoms with Crippen molar-refractivity contribution in [2.45, 2.75) is 50.7 Å². The molecule has 0 saturated heterocycles. The van der Waals surface area contributed by atoms with Gasteiger partial charge in [0.25, 0.3) is 0 Å². The van der Waals surface area contributed by atoms with Crippen LogP contribution in [0.3, 0.4) is 0 Å². The number of nitrogens with one attached hydrogen (secondary N) is 1. The second kappa shape index (κ2) is 6.59. The lowest BCUT2D eigenvalue weighted by Gasteiger charge is -2.27. The third kappa shape index (κ3) is 3.96. The lowest BCUT2D eigenvalue weighted by Crippen LogP contribution is -2.40. The van der Waals surface area contributed by atoms with Gasteiger partial charge in [-0.1, -0.05) is 25.7 Å². The lowest BCUT2D eigenvalue weighted by atomic mass is 9.94. The van der Waals surface area contributed by atoms with E-state index in [4.69, 9.17) is 0 Å². The summed E-state index contributed by atoms with van der Waals surface area (Å²) in [5.41, 5.74) is -0.702. The van der Waals surface area contributed by atoms with Crippen LogP contribution in [0.25, 0.3) is 0 Å². The van der Waals surface area contributed by atoms with Crippen molar-refractivity contribution in [1.82, 2.24) is 5.32 Å². The first kappa shape index (κ1) is 15.3. The Morgan fingerprint density at radius 2 is 1.55 bits per heavy atom. The van der Waals surface area contributed by atoms with E-state index in [2.05, 4.69) is 5.32 Å². The summed E-state index contributed by atoms with van der Waals surface area (Å²) < 4.78 is 39.3. The van der Waals surface area contributed by atoms with E-state index in [0.717, 1.165) is 44.6 Å². The molecule has 1 aliphatic rings. The van der Waals surface area contributed by atoms with E-state index < -0.39 is 23.1 Å². The lowest BCUT2D eigenvalue weighted by molar-refractivity contribution is 0.0250. The van der Waals surface area contributed by atoms with Crippen molar-refractivity contribution < 1.29 is 18.3 Å². The van der Waals surface area contributed by atoms with E-state index >= 15 is 0 Å². The van der Waals surface area contributed by atoms with Gasteiger partial charge in [-0.15, -0.1) is 0 Å². The molecule has 2 rings (SSSR count). The summed E-state index contributed by atoms with van der Waals surface area (Å²) in [5.74, 6) is -3.02. The Labute approximate surface area is 117 Å². The van der Waals surface area contributed by atoms with E-state index in [0.29, 0.717) is 12.6 Å². The van der Waals surface area contributed by atoms with Gasteiger partial charge in [-0.05, 0) is 18.9 Å². The molecule has 20 heavy (non-hydrogen) atoms. The van der Waals surface area contributed by atoms with Crippen LogP contribution in [0.15, 0.2) is 12.1 Å². The second-order valence-electron chi connectivity index (χ2n) is 5.60. The van der Waals surface area contributed by atoms with Crippen molar-refractivity contribution in [3.05, 3.63) is 35.1 Å². The molecule has 0 aromatic heterocycles.